The SMILES string of the molecule is CCOc1cc(C)ccc1CN=C(N)N1CCCC(C)C1.I. The first-order valence-electron chi connectivity index (χ1n) is 7.87. The van der Waals surface area contributed by atoms with E-state index < -0.39 is 0 Å². The molecular formula is C17H28IN3O. The molecule has 0 amide bonds. The number of halogens is 1. The number of aliphatic imine (C=N–C) groups is 1. The number of nitrogens with two attached hydrogens (primary N) is 1. The summed E-state index contributed by atoms with van der Waals surface area (Å²) in [5.74, 6) is 2.27. The molecular weight excluding hydrogens is 389 g/mol. The second-order valence-corrected chi connectivity index (χ2v) is 5.91. The van der Waals surface area contributed by atoms with Gasteiger partial charge in [-0.05, 0) is 44.2 Å². The number of benzene rings is 1. The van der Waals surface area contributed by atoms with Gasteiger partial charge in [0.2, 0.25) is 0 Å². The Kier molecular flexibility index (Phi) is 8.00. The molecule has 0 bridgehead atoms. The molecule has 4 nitrogen and oxygen atoms in total. The number of piperidine rings is 1. The smallest absolute Gasteiger partial charge is 0.191 e. The molecule has 1 unspecified atom stereocenters. The van der Waals surface area contributed by atoms with E-state index in [-0.39, 0.29) is 24.0 Å². The van der Waals surface area contributed by atoms with E-state index in [2.05, 4.69) is 41.9 Å². The molecule has 1 saturated heterocycles. The zero-order valence-electron chi connectivity index (χ0n) is 13.8. The molecule has 1 aliphatic heterocycles. The maximum absolute atomic E-state index is 6.15. The van der Waals surface area contributed by atoms with Crippen LogP contribution in [0, 0.1) is 12.8 Å². The first kappa shape index (κ1) is 19.1. The summed E-state index contributed by atoms with van der Waals surface area (Å²) in [7, 11) is 0. The fourth-order valence-electron chi connectivity index (χ4n) is 2.75. The molecule has 22 heavy (non-hydrogen) atoms. The van der Waals surface area contributed by atoms with Crippen molar-refractivity contribution >= 4 is 29.9 Å². The van der Waals surface area contributed by atoms with Crippen molar-refractivity contribution in [3.05, 3.63) is 29.3 Å². The Morgan fingerprint density at radius 2 is 2.23 bits per heavy atom. The summed E-state index contributed by atoms with van der Waals surface area (Å²) in [5.41, 5.74) is 8.44. The molecule has 0 aromatic heterocycles. The van der Waals surface area contributed by atoms with Crippen LogP contribution in [0.5, 0.6) is 5.75 Å². The van der Waals surface area contributed by atoms with Crippen molar-refractivity contribution in [3.63, 3.8) is 0 Å². The van der Waals surface area contributed by atoms with Crippen LogP contribution in [0.4, 0.5) is 0 Å². The standard InChI is InChI=1S/C17H27N3O.HI/c1-4-21-16-10-13(2)7-8-15(16)11-19-17(18)20-9-5-6-14(3)12-20;/h7-8,10,14H,4-6,9,11-12H2,1-3H3,(H2,18,19);1H. The summed E-state index contributed by atoms with van der Waals surface area (Å²) in [4.78, 5) is 6.76. The number of ether oxygens (including phenoxy) is 1. The van der Waals surface area contributed by atoms with Gasteiger partial charge in [0.25, 0.3) is 0 Å². The molecule has 1 aliphatic rings. The van der Waals surface area contributed by atoms with Crippen molar-refractivity contribution in [2.75, 3.05) is 19.7 Å². The van der Waals surface area contributed by atoms with Crippen LogP contribution in [0.15, 0.2) is 23.2 Å². The summed E-state index contributed by atoms with van der Waals surface area (Å²) < 4.78 is 5.69. The zero-order chi connectivity index (χ0) is 15.2. The van der Waals surface area contributed by atoms with Gasteiger partial charge in [0.05, 0.1) is 13.2 Å². The summed E-state index contributed by atoms with van der Waals surface area (Å²) in [6.45, 7) is 9.61. The van der Waals surface area contributed by atoms with Gasteiger partial charge >= 0.3 is 0 Å². The Bertz CT molecular complexity index is 505. The summed E-state index contributed by atoms with van der Waals surface area (Å²) >= 11 is 0. The fraction of sp³-hybridized carbons (Fsp3) is 0.588. The van der Waals surface area contributed by atoms with Crippen LogP contribution in [-0.4, -0.2) is 30.6 Å². The van der Waals surface area contributed by atoms with E-state index in [1.807, 2.05) is 6.92 Å². The zero-order valence-corrected chi connectivity index (χ0v) is 16.2. The highest BCUT2D eigenvalue weighted by Crippen LogP contribution is 2.21. The molecule has 1 aromatic rings. The maximum atomic E-state index is 6.15. The summed E-state index contributed by atoms with van der Waals surface area (Å²) in [6, 6.07) is 6.23. The molecule has 0 aliphatic carbocycles. The third-order valence-electron chi connectivity index (χ3n) is 3.91. The fourth-order valence-corrected chi connectivity index (χ4v) is 2.75. The van der Waals surface area contributed by atoms with E-state index in [0.717, 1.165) is 24.4 Å². The minimum atomic E-state index is 0. The average Bonchev–Trinajstić information content (AvgIpc) is 2.46. The highest BCUT2D eigenvalue weighted by molar-refractivity contribution is 14.0. The average molecular weight is 417 g/mol. The number of hydrogen-bond donors (Lipinski definition) is 1. The van der Waals surface area contributed by atoms with E-state index in [4.69, 9.17) is 10.5 Å². The van der Waals surface area contributed by atoms with Crippen LogP contribution >= 0.6 is 24.0 Å². The van der Waals surface area contributed by atoms with Gasteiger partial charge in [-0.15, -0.1) is 24.0 Å². The van der Waals surface area contributed by atoms with Gasteiger partial charge in [0, 0.05) is 18.7 Å². The van der Waals surface area contributed by atoms with Crippen molar-refractivity contribution in [2.45, 2.75) is 40.2 Å². The van der Waals surface area contributed by atoms with E-state index in [9.17, 15) is 0 Å². The number of aryl methyl sites for hydroxylation is 1. The Labute approximate surface area is 151 Å². The molecule has 1 aromatic carbocycles. The minimum absolute atomic E-state index is 0. The van der Waals surface area contributed by atoms with Crippen molar-refractivity contribution in [2.24, 2.45) is 16.6 Å². The lowest BCUT2D eigenvalue weighted by Crippen LogP contribution is -2.43. The predicted octanol–water partition coefficient (Wildman–Crippen LogP) is 3.56. The van der Waals surface area contributed by atoms with E-state index in [0.29, 0.717) is 25.0 Å². The van der Waals surface area contributed by atoms with Crippen molar-refractivity contribution < 1.29 is 4.74 Å². The van der Waals surface area contributed by atoms with Crippen LogP contribution in [0.3, 0.4) is 0 Å². The third kappa shape index (κ3) is 5.34. The van der Waals surface area contributed by atoms with Crippen LogP contribution in [0.1, 0.15) is 37.8 Å². The third-order valence-corrected chi connectivity index (χ3v) is 3.91. The first-order valence-corrected chi connectivity index (χ1v) is 7.87. The van der Waals surface area contributed by atoms with Crippen LogP contribution in [-0.2, 0) is 6.54 Å². The highest BCUT2D eigenvalue weighted by Gasteiger charge is 2.17. The maximum Gasteiger partial charge on any atom is 0.191 e. The van der Waals surface area contributed by atoms with Gasteiger partial charge in [0.15, 0.2) is 5.96 Å². The number of rotatable bonds is 4. The monoisotopic (exact) mass is 417 g/mol. The number of likely N-dealkylation sites (tertiary alicyclic amines) is 1. The lowest BCUT2D eigenvalue weighted by atomic mass is 10.0. The largest absolute Gasteiger partial charge is 0.494 e. The van der Waals surface area contributed by atoms with Crippen LogP contribution in [0.2, 0.25) is 0 Å². The molecule has 2 N–H and O–H groups in total. The Balaban J connectivity index is 0.00000242. The van der Waals surface area contributed by atoms with E-state index >= 15 is 0 Å². The Morgan fingerprint density at radius 3 is 2.91 bits per heavy atom. The quantitative estimate of drug-likeness (QED) is 0.463. The van der Waals surface area contributed by atoms with Crippen molar-refractivity contribution in [1.82, 2.24) is 4.90 Å². The van der Waals surface area contributed by atoms with Crippen molar-refractivity contribution in [1.29, 1.82) is 0 Å². The second kappa shape index (κ2) is 9.22. The lowest BCUT2D eigenvalue weighted by molar-refractivity contribution is 0.270. The first-order chi connectivity index (χ1) is 10.1. The van der Waals surface area contributed by atoms with Gasteiger partial charge in [-0.1, -0.05) is 19.1 Å². The van der Waals surface area contributed by atoms with Gasteiger partial charge < -0.3 is 15.4 Å². The van der Waals surface area contributed by atoms with Crippen LogP contribution in [0.25, 0.3) is 0 Å². The van der Waals surface area contributed by atoms with Crippen LogP contribution < -0.4 is 10.5 Å². The molecule has 124 valence electrons. The molecule has 0 radical (unpaired) electrons. The molecule has 1 heterocycles. The number of nitrogens with zero attached hydrogens (tertiary/aromatic N) is 2. The van der Waals surface area contributed by atoms with Gasteiger partial charge in [-0.2, -0.15) is 0 Å². The van der Waals surface area contributed by atoms with E-state index in [1.54, 1.807) is 0 Å². The van der Waals surface area contributed by atoms with Gasteiger partial charge in [0.1, 0.15) is 5.75 Å². The molecule has 0 saturated carbocycles. The number of guanidine groups is 1. The molecule has 5 heteroatoms. The summed E-state index contributed by atoms with van der Waals surface area (Å²) in [6.07, 6.45) is 2.49. The molecule has 2 rings (SSSR count). The van der Waals surface area contributed by atoms with Gasteiger partial charge in [-0.3, -0.25) is 0 Å². The number of hydrogen-bond acceptors (Lipinski definition) is 2. The topological polar surface area (TPSA) is 50.9 Å². The normalized spacial score (nSPS) is 18.8. The van der Waals surface area contributed by atoms with Crippen molar-refractivity contribution in [3.8, 4) is 5.75 Å². The summed E-state index contributed by atoms with van der Waals surface area (Å²) in [5, 5.41) is 0. The minimum Gasteiger partial charge on any atom is -0.494 e. The predicted molar refractivity (Wildman–Crippen MR) is 103 cm³/mol. The lowest BCUT2D eigenvalue weighted by Gasteiger charge is -2.31. The Morgan fingerprint density at radius 1 is 1.45 bits per heavy atom. The highest BCUT2D eigenvalue weighted by atomic mass is 127. The van der Waals surface area contributed by atoms with Gasteiger partial charge in [-0.25, -0.2) is 4.99 Å². The molecule has 0 spiro atoms. The van der Waals surface area contributed by atoms with E-state index in [1.165, 1.54) is 18.4 Å². The second-order valence-electron chi connectivity index (χ2n) is 5.91. The molecule has 1 fully saturated rings. The Hall–Kier alpha value is -0.980. The molecule has 1 atom stereocenters.